The molecule has 0 aliphatic carbocycles. The fraction of sp³-hybridized carbons (Fsp3) is 0.417. The first-order chi connectivity index (χ1) is 13.6. The fourth-order valence-electron chi connectivity index (χ4n) is 4.13. The lowest BCUT2D eigenvalue weighted by Crippen LogP contribution is -2.40. The van der Waals surface area contributed by atoms with Crippen molar-refractivity contribution in [1.29, 1.82) is 0 Å². The summed E-state index contributed by atoms with van der Waals surface area (Å²) in [4.78, 5) is 25.9. The molecular weight excluding hydrogens is 350 g/mol. The molecule has 3 rings (SSSR count). The fourth-order valence-corrected chi connectivity index (χ4v) is 4.13. The molecule has 2 aromatic rings. The van der Waals surface area contributed by atoms with E-state index in [9.17, 15) is 9.59 Å². The number of nitrogens with zero attached hydrogens (tertiary/aromatic N) is 1. The van der Waals surface area contributed by atoms with E-state index in [1.54, 1.807) is 0 Å². The van der Waals surface area contributed by atoms with Crippen LogP contribution in [0.4, 0.5) is 0 Å². The highest BCUT2D eigenvalue weighted by atomic mass is 16.4. The number of carboxylic acids is 1. The summed E-state index contributed by atoms with van der Waals surface area (Å²) in [6.07, 6.45) is 4.16. The molecule has 2 atom stereocenters. The summed E-state index contributed by atoms with van der Waals surface area (Å²) in [6.45, 7) is 1.48. The number of benzene rings is 2. The van der Waals surface area contributed by atoms with Crippen molar-refractivity contribution in [2.75, 3.05) is 13.1 Å². The van der Waals surface area contributed by atoms with E-state index < -0.39 is 5.97 Å². The van der Waals surface area contributed by atoms with Crippen molar-refractivity contribution in [2.45, 2.75) is 44.4 Å². The molecule has 0 radical (unpaired) electrons. The second-order valence-electron chi connectivity index (χ2n) is 7.78. The van der Waals surface area contributed by atoms with Crippen LogP contribution in [0.25, 0.3) is 0 Å². The maximum atomic E-state index is 13.1. The molecule has 1 N–H and O–H groups in total. The Balaban J connectivity index is 1.66. The Hall–Kier alpha value is -2.62. The monoisotopic (exact) mass is 379 g/mol. The summed E-state index contributed by atoms with van der Waals surface area (Å²) in [5.41, 5.74) is 2.43. The summed E-state index contributed by atoms with van der Waals surface area (Å²) < 4.78 is 0. The van der Waals surface area contributed by atoms with E-state index in [0.717, 1.165) is 25.8 Å². The number of piperidine rings is 1. The van der Waals surface area contributed by atoms with Crippen LogP contribution in [-0.4, -0.2) is 35.0 Å². The number of carbonyl (C=O) groups is 2. The zero-order valence-electron chi connectivity index (χ0n) is 16.3. The molecule has 2 aromatic carbocycles. The molecule has 0 spiro atoms. The number of hydrogen-bond acceptors (Lipinski definition) is 2. The molecule has 1 saturated heterocycles. The Bertz CT molecular complexity index is 760. The van der Waals surface area contributed by atoms with Crippen LogP contribution in [0.1, 0.15) is 49.1 Å². The third kappa shape index (κ3) is 5.95. The van der Waals surface area contributed by atoms with Crippen LogP contribution in [-0.2, 0) is 16.0 Å². The Labute approximate surface area is 167 Å². The lowest BCUT2D eigenvalue weighted by molar-refractivity contribution is -0.137. The number of amides is 1. The van der Waals surface area contributed by atoms with Gasteiger partial charge in [0.25, 0.3) is 0 Å². The van der Waals surface area contributed by atoms with Crippen molar-refractivity contribution in [3.05, 3.63) is 71.8 Å². The van der Waals surface area contributed by atoms with Gasteiger partial charge in [-0.15, -0.1) is 0 Å². The van der Waals surface area contributed by atoms with E-state index in [-0.39, 0.29) is 18.2 Å². The van der Waals surface area contributed by atoms with Gasteiger partial charge in [-0.3, -0.25) is 9.59 Å². The molecule has 0 aromatic heterocycles. The molecule has 4 heteroatoms. The highest BCUT2D eigenvalue weighted by Gasteiger charge is 2.26. The first-order valence-electron chi connectivity index (χ1n) is 10.2. The second-order valence-corrected chi connectivity index (χ2v) is 7.78. The molecule has 1 fully saturated rings. The van der Waals surface area contributed by atoms with Crippen molar-refractivity contribution >= 4 is 11.9 Å². The Morgan fingerprint density at radius 3 is 2.39 bits per heavy atom. The third-order valence-corrected chi connectivity index (χ3v) is 5.66. The Morgan fingerprint density at radius 1 is 1.04 bits per heavy atom. The standard InChI is InChI=1S/C24H29NO3/c26-23(25-15-7-10-20(18-25)13-14-24(27)28)17-22(21-11-5-2-6-12-21)16-19-8-3-1-4-9-19/h1-6,8-9,11-12,20,22H,7,10,13-18H2,(H,27,28). The highest BCUT2D eigenvalue weighted by molar-refractivity contribution is 5.77. The zero-order chi connectivity index (χ0) is 19.8. The van der Waals surface area contributed by atoms with Gasteiger partial charge in [0.2, 0.25) is 5.91 Å². The minimum atomic E-state index is -0.754. The van der Waals surface area contributed by atoms with Crippen molar-refractivity contribution in [3.63, 3.8) is 0 Å². The van der Waals surface area contributed by atoms with Crippen LogP contribution in [0.5, 0.6) is 0 Å². The molecule has 1 heterocycles. The van der Waals surface area contributed by atoms with Crippen molar-refractivity contribution in [2.24, 2.45) is 5.92 Å². The number of hydrogen-bond donors (Lipinski definition) is 1. The van der Waals surface area contributed by atoms with E-state index >= 15 is 0 Å². The van der Waals surface area contributed by atoms with E-state index in [4.69, 9.17) is 5.11 Å². The maximum absolute atomic E-state index is 13.1. The molecule has 0 saturated carbocycles. The SMILES string of the molecule is O=C(O)CCC1CCCN(C(=O)CC(Cc2ccccc2)c2ccccc2)C1. The molecule has 28 heavy (non-hydrogen) atoms. The first-order valence-corrected chi connectivity index (χ1v) is 10.2. The summed E-state index contributed by atoms with van der Waals surface area (Å²) in [7, 11) is 0. The van der Waals surface area contributed by atoms with Gasteiger partial charge in [0.05, 0.1) is 0 Å². The van der Waals surface area contributed by atoms with Crippen molar-refractivity contribution in [1.82, 2.24) is 4.90 Å². The predicted octanol–water partition coefficient (Wildman–Crippen LogP) is 4.51. The van der Waals surface area contributed by atoms with Crippen LogP contribution < -0.4 is 0 Å². The lowest BCUT2D eigenvalue weighted by Gasteiger charge is -2.33. The first kappa shape index (κ1) is 20.1. The summed E-state index contributed by atoms with van der Waals surface area (Å²) >= 11 is 0. The van der Waals surface area contributed by atoms with Gasteiger partial charge in [-0.1, -0.05) is 60.7 Å². The number of rotatable bonds is 8. The van der Waals surface area contributed by atoms with Gasteiger partial charge >= 0.3 is 5.97 Å². The third-order valence-electron chi connectivity index (χ3n) is 5.66. The van der Waals surface area contributed by atoms with E-state index in [1.165, 1.54) is 11.1 Å². The maximum Gasteiger partial charge on any atom is 0.303 e. The molecule has 148 valence electrons. The molecular formula is C24H29NO3. The van der Waals surface area contributed by atoms with Crippen LogP contribution in [0.2, 0.25) is 0 Å². The zero-order valence-corrected chi connectivity index (χ0v) is 16.3. The summed E-state index contributed by atoms with van der Waals surface area (Å²) in [5, 5.41) is 8.92. The van der Waals surface area contributed by atoms with Gasteiger partial charge < -0.3 is 10.0 Å². The van der Waals surface area contributed by atoms with Gasteiger partial charge in [0.1, 0.15) is 0 Å². The number of carbonyl (C=O) groups excluding carboxylic acids is 1. The average molecular weight is 380 g/mol. The van der Waals surface area contributed by atoms with Crippen molar-refractivity contribution in [3.8, 4) is 0 Å². The minimum absolute atomic E-state index is 0.149. The van der Waals surface area contributed by atoms with E-state index in [2.05, 4.69) is 24.3 Å². The molecule has 2 unspecified atom stereocenters. The molecule has 1 aliphatic rings. The Kier molecular flexibility index (Phi) is 7.24. The van der Waals surface area contributed by atoms with Crippen molar-refractivity contribution < 1.29 is 14.7 Å². The number of carboxylic acid groups (broad SMARTS) is 1. The number of aliphatic carboxylic acids is 1. The van der Waals surface area contributed by atoms with E-state index in [1.807, 2.05) is 41.3 Å². The Morgan fingerprint density at radius 2 is 1.71 bits per heavy atom. The van der Waals surface area contributed by atoms with Gasteiger partial charge in [-0.2, -0.15) is 0 Å². The normalized spacial score (nSPS) is 17.9. The van der Waals surface area contributed by atoms with Crippen LogP contribution in [0, 0.1) is 5.92 Å². The smallest absolute Gasteiger partial charge is 0.303 e. The lowest BCUT2D eigenvalue weighted by atomic mass is 9.88. The molecule has 1 aliphatic heterocycles. The topological polar surface area (TPSA) is 57.6 Å². The largest absolute Gasteiger partial charge is 0.481 e. The van der Waals surface area contributed by atoms with Gasteiger partial charge in [-0.05, 0) is 48.6 Å². The highest BCUT2D eigenvalue weighted by Crippen LogP contribution is 2.27. The van der Waals surface area contributed by atoms with Crippen LogP contribution >= 0.6 is 0 Å². The number of likely N-dealkylation sites (tertiary alicyclic amines) is 1. The second kappa shape index (κ2) is 10.1. The molecule has 1 amide bonds. The average Bonchev–Trinajstić information content (AvgIpc) is 2.73. The predicted molar refractivity (Wildman–Crippen MR) is 110 cm³/mol. The van der Waals surface area contributed by atoms with E-state index in [0.29, 0.717) is 25.3 Å². The molecule has 4 nitrogen and oxygen atoms in total. The van der Waals surface area contributed by atoms with Crippen LogP contribution in [0.15, 0.2) is 60.7 Å². The van der Waals surface area contributed by atoms with Gasteiger partial charge in [0.15, 0.2) is 0 Å². The molecule has 0 bridgehead atoms. The minimum Gasteiger partial charge on any atom is -0.481 e. The summed E-state index contributed by atoms with van der Waals surface area (Å²) in [6, 6.07) is 20.6. The summed E-state index contributed by atoms with van der Waals surface area (Å²) in [5.74, 6) is -0.117. The van der Waals surface area contributed by atoms with Gasteiger partial charge in [0, 0.05) is 25.9 Å². The quantitative estimate of drug-likeness (QED) is 0.734. The van der Waals surface area contributed by atoms with Gasteiger partial charge in [-0.25, -0.2) is 0 Å². The van der Waals surface area contributed by atoms with Crippen LogP contribution in [0.3, 0.4) is 0 Å².